The maximum Gasteiger partial charge on any atom is 0.0589 e. The second kappa shape index (κ2) is 7.21. The Bertz CT molecular complexity index is 398. The predicted octanol–water partition coefficient (Wildman–Crippen LogP) is 2.92. The topological polar surface area (TPSA) is 38.5 Å². The molecule has 0 amide bonds. The van der Waals surface area contributed by atoms with E-state index in [2.05, 4.69) is 43.0 Å². The summed E-state index contributed by atoms with van der Waals surface area (Å²) in [6.07, 6.45) is 2.62. The first-order valence-corrected chi connectivity index (χ1v) is 7.70. The summed E-state index contributed by atoms with van der Waals surface area (Å²) in [7, 11) is 1.76. The van der Waals surface area contributed by atoms with Crippen LogP contribution in [0.5, 0.6) is 0 Å². The van der Waals surface area contributed by atoms with Crippen molar-refractivity contribution in [2.45, 2.75) is 44.7 Å². The molecule has 1 fully saturated rings. The Labute approximate surface area is 123 Å². The van der Waals surface area contributed by atoms with Gasteiger partial charge in [0.2, 0.25) is 0 Å². The molecule has 0 bridgehead atoms. The van der Waals surface area contributed by atoms with Crippen LogP contribution in [0.2, 0.25) is 0 Å². The molecule has 0 heterocycles. The van der Waals surface area contributed by atoms with Crippen LogP contribution in [0.25, 0.3) is 0 Å². The molecule has 2 rings (SSSR count). The number of hydrogen-bond acceptors (Lipinski definition) is 3. The largest absolute Gasteiger partial charge is 0.383 e. The van der Waals surface area contributed by atoms with Gasteiger partial charge < -0.3 is 10.5 Å². The highest BCUT2D eigenvalue weighted by molar-refractivity contribution is 5.26. The van der Waals surface area contributed by atoms with Crippen LogP contribution in [-0.2, 0) is 4.74 Å². The van der Waals surface area contributed by atoms with Crippen LogP contribution in [0.3, 0.4) is 0 Å². The summed E-state index contributed by atoms with van der Waals surface area (Å²) < 4.78 is 5.20. The lowest BCUT2D eigenvalue weighted by molar-refractivity contribution is 0.139. The van der Waals surface area contributed by atoms with Crippen molar-refractivity contribution >= 4 is 0 Å². The zero-order valence-corrected chi connectivity index (χ0v) is 13.0. The Morgan fingerprint density at radius 3 is 2.30 bits per heavy atom. The molecule has 112 valence electrons. The molecule has 3 heteroatoms. The molecule has 1 saturated carbocycles. The third-order valence-electron chi connectivity index (χ3n) is 4.11. The summed E-state index contributed by atoms with van der Waals surface area (Å²) >= 11 is 0. The van der Waals surface area contributed by atoms with E-state index < -0.39 is 0 Å². The number of rotatable bonds is 8. The van der Waals surface area contributed by atoms with Crippen LogP contribution < -0.4 is 5.73 Å². The number of nitrogens with zero attached hydrogens (tertiary/aromatic N) is 1. The molecule has 2 N–H and O–H groups in total. The van der Waals surface area contributed by atoms with Crippen molar-refractivity contribution in [3.05, 3.63) is 35.4 Å². The second-order valence-corrected chi connectivity index (χ2v) is 6.15. The van der Waals surface area contributed by atoms with Gasteiger partial charge in [0.15, 0.2) is 0 Å². The van der Waals surface area contributed by atoms with Crippen LogP contribution >= 0.6 is 0 Å². The van der Waals surface area contributed by atoms with E-state index in [1.165, 1.54) is 24.0 Å². The van der Waals surface area contributed by atoms with Gasteiger partial charge in [-0.1, -0.05) is 38.1 Å². The number of nitrogens with two attached hydrogens (primary N) is 1. The summed E-state index contributed by atoms with van der Waals surface area (Å²) in [5.41, 5.74) is 8.99. The van der Waals surface area contributed by atoms with Gasteiger partial charge in [0.1, 0.15) is 0 Å². The molecule has 1 aromatic rings. The lowest BCUT2D eigenvalue weighted by Crippen LogP contribution is -2.36. The minimum Gasteiger partial charge on any atom is -0.383 e. The predicted molar refractivity (Wildman–Crippen MR) is 83.9 cm³/mol. The Morgan fingerprint density at radius 1 is 1.20 bits per heavy atom. The molecule has 1 unspecified atom stereocenters. The van der Waals surface area contributed by atoms with Crippen LogP contribution in [0.4, 0.5) is 0 Å². The first-order chi connectivity index (χ1) is 9.61. The molecule has 1 aliphatic rings. The average Bonchev–Trinajstić information content (AvgIpc) is 3.27. The van der Waals surface area contributed by atoms with Crippen molar-refractivity contribution in [1.29, 1.82) is 0 Å². The molecule has 3 nitrogen and oxygen atoms in total. The van der Waals surface area contributed by atoms with E-state index in [4.69, 9.17) is 10.5 Å². The minimum absolute atomic E-state index is 0.0914. The Hall–Kier alpha value is -0.900. The van der Waals surface area contributed by atoms with Crippen LogP contribution in [0, 0.1) is 0 Å². The van der Waals surface area contributed by atoms with Gasteiger partial charge in [0.25, 0.3) is 0 Å². The van der Waals surface area contributed by atoms with Gasteiger partial charge in [-0.05, 0) is 29.9 Å². The Balaban J connectivity index is 1.93. The number of benzene rings is 1. The van der Waals surface area contributed by atoms with Gasteiger partial charge in [0.05, 0.1) is 6.61 Å². The molecule has 1 aromatic carbocycles. The van der Waals surface area contributed by atoms with Crippen LogP contribution in [0.1, 0.15) is 49.8 Å². The van der Waals surface area contributed by atoms with E-state index in [0.29, 0.717) is 5.92 Å². The molecule has 1 aliphatic carbocycles. The van der Waals surface area contributed by atoms with E-state index in [-0.39, 0.29) is 6.04 Å². The van der Waals surface area contributed by atoms with Crippen molar-refractivity contribution in [3.8, 4) is 0 Å². The quantitative estimate of drug-likeness (QED) is 0.793. The highest BCUT2D eigenvalue weighted by Crippen LogP contribution is 2.28. The molecule has 20 heavy (non-hydrogen) atoms. The van der Waals surface area contributed by atoms with E-state index in [0.717, 1.165) is 25.7 Å². The van der Waals surface area contributed by atoms with Crippen LogP contribution in [0.15, 0.2) is 24.3 Å². The fourth-order valence-corrected chi connectivity index (χ4v) is 2.56. The van der Waals surface area contributed by atoms with E-state index in [1.807, 2.05) is 0 Å². The first-order valence-electron chi connectivity index (χ1n) is 7.70. The third-order valence-corrected chi connectivity index (χ3v) is 4.11. The minimum atomic E-state index is 0.0914. The smallest absolute Gasteiger partial charge is 0.0589 e. The maximum absolute atomic E-state index is 6.38. The van der Waals surface area contributed by atoms with Gasteiger partial charge >= 0.3 is 0 Å². The number of ether oxygens (including phenoxy) is 1. The molecular formula is C17H28N2O. The fourth-order valence-electron chi connectivity index (χ4n) is 2.56. The summed E-state index contributed by atoms with van der Waals surface area (Å²) in [6.45, 7) is 7.13. The summed E-state index contributed by atoms with van der Waals surface area (Å²) in [4.78, 5) is 2.48. The highest BCUT2D eigenvalue weighted by Gasteiger charge is 2.29. The first kappa shape index (κ1) is 15.5. The molecule has 0 radical (unpaired) electrons. The summed E-state index contributed by atoms with van der Waals surface area (Å²) in [5, 5.41) is 0. The van der Waals surface area contributed by atoms with Gasteiger partial charge in [-0.25, -0.2) is 0 Å². The Morgan fingerprint density at radius 2 is 1.80 bits per heavy atom. The monoisotopic (exact) mass is 276 g/mol. The lowest BCUT2D eigenvalue weighted by Gasteiger charge is -2.25. The molecule has 0 spiro atoms. The van der Waals surface area contributed by atoms with Crippen LogP contribution in [-0.4, -0.2) is 37.7 Å². The normalized spacial score (nSPS) is 16.9. The number of methoxy groups -OCH3 is 1. The standard InChI is InChI=1S/C17H28N2O/c1-13(2)14-4-6-15(7-5-14)17(18)12-19(10-11-20-3)16-8-9-16/h4-7,13,16-17H,8-12,18H2,1-3H3. The number of hydrogen-bond donors (Lipinski definition) is 1. The van der Waals surface area contributed by atoms with Crippen molar-refractivity contribution in [3.63, 3.8) is 0 Å². The zero-order valence-electron chi connectivity index (χ0n) is 13.0. The fraction of sp³-hybridized carbons (Fsp3) is 0.647. The summed E-state index contributed by atoms with van der Waals surface area (Å²) in [5.74, 6) is 0.574. The molecule has 0 aliphatic heterocycles. The molecule has 0 aromatic heterocycles. The maximum atomic E-state index is 6.38. The van der Waals surface area contributed by atoms with Gasteiger partial charge in [0, 0.05) is 32.3 Å². The SMILES string of the molecule is COCCN(CC(N)c1ccc(C(C)C)cc1)C1CC1. The van der Waals surface area contributed by atoms with Crippen molar-refractivity contribution < 1.29 is 4.74 Å². The van der Waals surface area contributed by atoms with Gasteiger partial charge in [-0.2, -0.15) is 0 Å². The average molecular weight is 276 g/mol. The zero-order chi connectivity index (χ0) is 14.5. The third kappa shape index (κ3) is 4.30. The van der Waals surface area contributed by atoms with Crippen molar-refractivity contribution in [1.82, 2.24) is 4.90 Å². The second-order valence-electron chi connectivity index (χ2n) is 6.15. The van der Waals surface area contributed by atoms with E-state index in [1.54, 1.807) is 7.11 Å². The van der Waals surface area contributed by atoms with Gasteiger partial charge in [-0.15, -0.1) is 0 Å². The highest BCUT2D eigenvalue weighted by atomic mass is 16.5. The summed E-state index contributed by atoms with van der Waals surface area (Å²) in [6, 6.07) is 9.59. The molecular weight excluding hydrogens is 248 g/mol. The van der Waals surface area contributed by atoms with E-state index in [9.17, 15) is 0 Å². The van der Waals surface area contributed by atoms with Crippen molar-refractivity contribution in [2.24, 2.45) is 5.73 Å². The Kier molecular flexibility index (Phi) is 5.58. The van der Waals surface area contributed by atoms with E-state index >= 15 is 0 Å². The molecule has 0 saturated heterocycles. The lowest BCUT2D eigenvalue weighted by atomic mass is 9.99. The molecule has 1 atom stereocenters. The van der Waals surface area contributed by atoms with Gasteiger partial charge in [-0.3, -0.25) is 4.90 Å². The van der Waals surface area contributed by atoms with Crippen molar-refractivity contribution in [2.75, 3.05) is 26.8 Å².